The molecule has 1 aromatic heterocycles. The van der Waals surface area contributed by atoms with Crippen molar-refractivity contribution in [2.24, 2.45) is 5.41 Å². The number of aromatic nitrogens is 1. The topological polar surface area (TPSA) is 133 Å². The van der Waals surface area contributed by atoms with Crippen LogP contribution in [-0.4, -0.2) is 52.5 Å². The Hall–Kier alpha value is -4.96. The molecule has 0 spiro atoms. The first-order valence-corrected chi connectivity index (χ1v) is 13.5. The van der Waals surface area contributed by atoms with Gasteiger partial charge in [0.25, 0.3) is 0 Å². The number of amides is 3. The third-order valence-electron chi connectivity index (χ3n) is 7.59. The van der Waals surface area contributed by atoms with Gasteiger partial charge in [-0.15, -0.1) is 0 Å². The molecule has 2 aliphatic rings. The van der Waals surface area contributed by atoms with E-state index >= 15 is 0 Å². The van der Waals surface area contributed by atoms with Crippen molar-refractivity contribution in [3.63, 3.8) is 0 Å². The second-order valence-corrected chi connectivity index (χ2v) is 10.3. The fourth-order valence-electron chi connectivity index (χ4n) is 5.10. The molecule has 1 saturated carbocycles. The molecule has 10 nitrogen and oxygen atoms in total. The van der Waals surface area contributed by atoms with Crippen LogP contribution in [-0.2, 0) is 9.59 Å². The summed E-state index contributed by atoms with van der Waals surface area (Å²) in [5.74, 6) is 0.537. The van der Waals surface area contributed by atoms with Gasteiger partial charge in [-0.2, -0.15) is 0 Å². The molecule has 4 aromatic rings. The first-order chi connectivity index (χ1) is 19.9. The zero-order valence-corrected chi connectivity index (χ0v) is 22.2. The zero-order valence-electron chi connectivity index (χ0n) is 22.2. The van der Waals surface area contributed by atoms with Crippen LogP contribution in [0, 0.1) is 5.41 Å². The minimum absolute atomic E-state index is 0.293. The molecular formula is C31H29N5O5. The molecular weight excluding hydrogens is 522 g/mol. The van der Waals surface area contributed by atoms with Crippen LogP contribution in [0.25, 0.3) is 10.9 Å². The average Bonchev–Trinajstić information content (AvgIpc) is 3.81. The van der Waals surface area contributed by atoms with Crippen LogP contribution in [0.4, 0.5) is 16.2 Å². The van der Waals surface area contributed by atoms with E-state index < -0.39 is 11.5 Å². The van der Waals surface area contributed by atoms with Gasteiger partial charge in [0.1, 0.15) is 16.9 Å². The monoisotopic (exact) mass is 551 g/mol. The minimum atomic E-state index is -1.06. The molecule has 6 rings (SSSR count). The van der Waals surface area contributed by atoms with Crippen LogP contribution in [0.3, 0.4) is 0 Å². The Labute approximate surface area is 236 Å². The molecule has 0 radical (unpaired) electrons. The van der Waals surface area contributed by atoms with Crippen LogP contribution in [0.2, 0.25) is 0 Å². The molecule has 41 heavy (non-hydrogen) atoms. The molecule has 1 atom stereocenters. The van der Waals surface area contributed by atoms with E-state index in [0.29, 0.717) is 60.9 Å². The third kappa shape index (κ3) is 5.42. The normalized spacial score (nSPS) is 17.5. The van der Waals surface area contributed by atoms with Gasteiger partial charge in [0.2, 0.25) is 11.8 Å². The van der Waals surface area contributed by atoms with Gasteiger partial charge in [-0.3, -0.25) is 19.5 Å². The lowest BCUT2D eigenvalue weighted by molar-refractivity contribution is -0.131. The largest absolute Gasteiger partial charge is 0.465 e. The number of anilines is 2. The van der Waals surface area contributed by atoms with Gasteiger partial charge in [-0.25, -0.2) is 4.79 Å². The number of piperazine rings is 1. The van der Waals surface area contributed by atoms with Crippen molar-refractivity contribution in [1.82, 2.24) is 15.2 Å². The van der Waals surface area contributed by atoms with Crippen LogP contribution < -0.4 is 20.7 Å². The predicted octanol–water partition coefficient (Wildman–Crippen LogP) is 5.01. The molecule has 3 aromatic carbocycles. The fraction of sp³-hybridized carbons (Fsp3) is 0.226. The van der Waals surface area contributed by atoms with Gasteiger partial charge in [0.15, 0.2) is 0 Å². The number of carbonyl (C=O) groups excluding carboxylic acids is 2. The Kier molecular flexibility index (Phi) is 6.98. The number of benzene rings is 3. The van der Waals surface area contributed by atoms with E-state index in [9.17, 15) is 19.5 Å². The lowest BCUT2D eigenvalue weighted by Gasteiger charge is -2.34. The summed E-state index contributed by atoms with van der Waals surface area (Å²) in [5.41, 5.74) is 1.72. The van der Waals surface area contributed by atoms with Gasteiger partial charge in [-0.05, 0) is 73.0 Å². The first kappa shape index (κ1) is 26.3. The summed E-state index contributed by atoms with van der Waals surface area (Å²) in [7, 11) is 0. The molecule has 4 N–H and O–H groups in total. The summed E-state index contributed by atoms with van der Waals surface area (Å²) in [5, 5.41) is 19.4. The number of hydrogen-bond donors (Lipinski definition) is 4. The molecule has 2 heterocycles. The van der Waals surface area contributed by atoms with Crippen molar-refractivity contribution in [3.05, 3.63) is 90.6 Å². The van der Waals surface area contributed by atoms with Crippen molar-refractivity contribution in [2.75, 3.05) is 30.3 Å². The smallest absolute Gasteiger partial charge is 0.407 e. The summed E-state index contributed by atoms with van der Waals surface area (Å²) in [6.45, 7) is 1.59. The van der Waals surface area contributed by atoms with Crippen LogP contribution in [0.5, 0.6) is 11.5 Å². The Balaban J connectivity index is 1.13. The summed E-state index contributed by atoms with van der Waals surface area (Å²) in [6, 6.07) is 23.2. The number of rotatable bonds is 7. The number of carbonyl (C=O) groups is 3. The third-order valence-corrected chi connectivity index (χ3v) is 7.59. The number of fused-ring (bicyclic) bond motifs is 1. The Morgan fingerprint density at radius 3 is 2.32 bits per heavy atom. The zero-order chi connectivity index (χ0) is 28.4. The van der Waals surface area contributed by atoms with Gasteiger partial charge in [0.05, 0.1) is 11.6 Å². The lowest BCUT2D eigenvalue weighted by atomic mass is 10.0. The maximum absolute atomic E-state index is 13.0. The van der Waals surface area contributed by atoms with Gasteiger partial charge >= 0.3 is 6.09 Å². The number of nitrogens with zero attached hydrogens (tertiary/aromatic N) is 2. The Bertz CT molecular complexity index is 1600. The van der Waals surface area contributed by atoms with E-state index in [1.165, 1.54) is 4.90 Å². The van der Waals surface area contributed by atoms with E-state index in [-0.39, 0.29) is 17.9 Å². The molecule has 208 valence electrons. The molecule has 1 unspecified atom stereocenters. The predicted molar refractivity (Wildman–Crippen MR) is 154 cm³/mol. The van der Waals surface area contributed by atoms with E-state index in [1.54, 1.807) is 48.7 Å². The molecule has 10 heteroatoms. The molecule has 2 fully saturated rings. The average molecular weight is 552 g/mol. The fourth-order valence-corrected chi connectivity index (χ4v) is 5.10. The van der Waals surface area contributed by atoms with Crippen LogP contribution >= 0.6 is 0 Å². The van der Waals surface area contributed by atoms with Crippen molar-refractivity contribution in [3.8, 4) is 11.5 Å². The highest BCUT2D eigenvalue weighted by molar-refractivity contribution is 6.16. The SMILES string of the molecule is O=C(O)N1CCNCC1c1ccc2c(Oc3ccc(NC(=O)C4(C(=O)Nc5ccccc5)CC4)cc3)ccnc2c1. The number of para-hydroxylation sites is 1. The number of carboxylic acid groups (broad SMARTS) is 1. The van der Waals surface area contributed by atoms with Gasteiger partial charge in [0, 0.05) is 42.6 Å². The van der Waals surface area contributed by atoms with Gasteiger partial charge in [-0.1, -0.05) is 24.3 Å². The van der Waals surface area contributed by atoms with E-state index in [4.69, 9.17) is 4.74 Å². The van der Waals surface area contributed by atoms with Crippen LogP contribution in [0.1, 0.15) is 24.4 Å². The maximum Gasteiger partial charge on any atom is 0.407 e. The molecule has 1 aliphatic carbocycles. The molecule has 3 amide bonds. The highest BCUT2D eigenvalue weighted by Gasteiger charge is 2.56. The first-order valence-electron chi connectivity index (χ1n) is 13.5. The summed E-state index contributed by atoms with van der Waals surface area (Å²) in [6.07, 6.45) is 1.71. The molecule has 1 saturated heterocycles. The summed E-state index contributed by atoms with van der Waals surface area (Å²) < 4.78 is 6.15. The van der Waals surface area contributed by atoms with E-state index in [0.717, 1.165) is 10.9 Å². The summed E-state index contributed by atoms with van der Waals surface area (Å²) >= 11 is 0. The minimum Gasteiger partial charge on any atom is -0.465 e. The van der Waals surface area contributed by atoms with Crippen molar-refractivity contribution in [1.29, 1.82) is 0 Å². The number of pyridine rings is 1. The Morgan fingerprint density at radius 1 is 0.927 bits per heavy atom. The standard InChI is InChI=1S/C31H29N5O5/c37-28(34-21-4-2-1-3-5-21)31(13-14-31)29(38)35-22-7-9-23(10-8-22)41-27-12-15-33-25-18-20(6-11-24(25)27)26-19-32-16-17-36(26)30(39)40/h1-12,15,18,26,32H,13-14,16-17,19H2,(H,34,37)(H,35,38)(H,39,40). The highest BCUT2D eigenvalue weighted by Crippen LogP contribution is 2.47. The second-order valence-electron chi connectivity index (χ2n) is 10.3. The van der Waals surface area contributed by atoms with Crippen molar-refractivity contribution in [2.45, 2.75) is 18.9 Å². The summed E-state index contributed by atoms with van der Waals surface area (Å²) in [4.78, 5) is 43.5. The molecule has 1 aliphatic heterocycles. The number of ether oxygens (including phenoxy) is 1. The van der Waals surface area contributed by atoms with Gasteiger partial charge < -0.3 is 25.8 Å². The lowest BCUT2D eigenvalue weighted by Crippen LogP contribution is -2.48. The van der Waals surface area contributed by atoms with Crippen LogP contribution in [0.15, 0.2) is 85.1 Å². The van der Waals surface area contributed by atoms with E-state index in [1.807, 2.05) is 36.4 Å². The highest BCUT2D eigenvalue weighted by atomic mass is 16.5. The number of nitrogens with one attached hydrogen (secondary N) is 3. The number of hydrogen-bond acceptors (Lipinski definition) is 6. The van der Waals surface area contributed by atoms with Crippen molar-refractivity contribution < 1.29 is 24.2 Å². The Morgan fingerprint density at radius 2 is 1.63 bits per heavy atom. The maximum atomic E-state index is 13.0. The molecule has 0 bridgehead atoms. The second kappa shape index (κ2) is 10.9. The quantitative estimate of drug-likeness (QED) is 0.237. The van der Waals surface area contributed by atoms with E-state index in [2.05, 4.69) is 20.9 Å². The van der Waals surface area contributed by atoms with Crippen molar-refractivity contribution >= 4 is 40.2 Å².